The van der Waals surface area contributed by atoms with E-state index in [9.17, 15) is 13.6 Å². The lowest BCUT2D eigenvalue weighted by Crippen LogP contribution is -2.27. The molecule has 1 rings (SSSR count). The summed E-state index contributed by atoms with van der Waals surface area (Å²) in [4.78, 5) is 17.6. The third-order valence-corrected chi connectivity index (χ3v) is 1.91. The number of alkyl halides is 2. The van der Waals surface area contributed by atoms with Crippen molar-refractivity contribution in [1.29, 1.82) is 0 Å². The van der Waals surface area contributed by atoms with Crippen molar-refractivity contribution in [3.63, 3.8) is 0 Å². The number of anilines is 1. The van der Waals surface area contributed by atoms with E-state index in [1.165, 1.54) is 0 Å². The van der Waals surface area contributed by atoms with Crippen molar-refractivity contribution in [3.8, 4) is 0 Å². The molecule has 90 valence electrons. The highest BCUT2D eigenvalue weighted by Crippen LogP contribution is 2.03. The second kappa shape index (κ2) is 5.55. The number of aliphatic hydroxyl groups excluding tert-OH is 1. The average Bonchev–Trinajstić information content (AvgIpc) is 2.24. The van der Waals surface area contributed by atoms with Crippen LogP contribution in [0.25, 0.3) is 0 Å². The van der Waals surface area contributed by atoms with Gasteiger partial charge in [-0.25, -0.2) is 13.8 Å². The summed E-state index contributed by atoms with van der Waals surface area (Å²) in [5, 5.41) is 11.3. The monoisotopic (exact) mass is 233 g/mol. The maximum Gasteiger partial charge on any atom is 0.265 e. The van der Waals surface area contributed by atoms with Gasteiger partial charge in [0.2, 0.25) is 0 Å². The lowest BCUT2D eigenvalue weighted by atomic mass is 10.3. The van der Waals surface area contributed by atoms with Crippen LogP contribution in [0, 0.1) is 0 Å². The lowest BCUT2D eigenvalue weighted by molar-refractivity contribution is 0.00380. The van der Waals surface area contributed by atoms with Crippen LogP contribution in [0.3, 0.4) is 0 Å². The van der Waals surface area contributed by atoms with Crippen LogP contribution in [0.5, 0.6) is 0 Å². The van der Waals surface area contributed by atoms with Gasteiger partial charge >= 0.3 is 0 Å². The molecule has 0 radical (unpaired) electrons. The number of hydrogen-bond donors (Lipinski definition) is 3. The second-order valence-electron chi connectivity index (χ2n) is 3.21. The summed E-state index contributed by atoms with van der Waals surface area (Å²) < 4.78 is 24.0. The van der Waals surface area contributed by atoms with Crippen LogP contribution in [-0.4, -0.2) is 34.1 Å². The molecular weight excluding hydrogens is 220 g/mol. The Hall–Kier alpha value is -1.50. The molecule has 0 aromatic carbocycles. The predicted molar refractivity (Wildman–Crippen MR) is 54.7 cm³/mol. The van der Waals surface area contributed by atoms with E-state index >= 15 is 0 Å². The molecule has 1 unspecified atom stereocenters. The van der Waals surface area contributed by atoms with Gasteiger partial charge in [-0.3, -0.25) is 4.79 Å². The minimum Gasteiger partial charge on any atom is -0.385 e. The Kier molecular flexibility index (Phi) is 4.36. The Balaban J connectivity index is 2.67. The molecule has 1 aromatic heterocycles. The van der Waals surface area contributed by atoms with Gasteiger partial charge in [-0.1, -0.05) is 6.92 Å². The molecule has 5 nitrogen and oxygen atoms in total. The van der Waals surface area contributed by atoms with Gasteiger partial charge in [0.1, 0.15) is 17.7 Å². The number of nitrogens with one attached hydrogen (secondary N) is 2. The zero-order chi connectivity index (χ0) is 12.1. The van der Waals surface area contributed by atoms with Gasteiger partial charge < -0.3 is 15.4 Å². The highest BCUT2D eigenvalue weighted by Gasteiger charge is 2.16. The number of aromatic nitrogens is 2. The van der Waals surface area contributed by atoms with Gasteiger partial charge in [0.15, 0.2) is 0 Å². The maximum atomic E-state index is 12.0. The summed E-state index contributed by atoms with van der Waals surface area (Å²) in [5.74, 6) is 0.641. The van der Waals surface area contributed by atoms with E-state index in [0.29, 0.717) is 12.2 Å². The lowest BCUT2D eigenvalue weighted by Gasteiger charge is -2.11. The van der Waals surface area contributed by atoms with Gasteiger partial charge in [-0.2, -0.15) is 0 Å². The van der Waals surface area contributed by atoms with Crippen molar-refractivity contribution in [1.82, 2.24) is 9.97 Å². The van der Waals surface area contributed by atoms with Gasteiger partial charge in [0, 0.05) is 19.0 Å². The first-order valence-electron chi connectivity index (χ1n) is 4.83. The summed E-state index contributed by atoms with van der Waals surface area (Å²) in [5.41, 5.74) is -0.360. The first-order valence-corrected chi connectivity index (χ1v) is 4.83. The first kappa shape index (κ1) is 12.6. The molecule has 0 saturated carbocycles. The fourth-order valence-corrected chi connectivity index (χ4v) is 1.06. The van der Waals surface area contributed by atoms with Crippen molar-refractivity contribution in [2.45, 2.75) is 25.9 Å². The Bertz CT molecular complexity index is 395. The Morgan fingerprint density at radius 1 is 1.62 bits per heavy atom. The molecule has 1 aromatic rings. The van der Waals surface area contributed by atoms with Crippen molar-refractivity contribution < 1.29 is 13.9 Å². The van der Waals surface area contributed by atoms with Crippen LogP contribution in [0.4, 0.5) is 14.6 Å². The SMILES string of the molecule is CCc1nc(NCC(O)C(F)F)cc(=O)[nH]1. The Morgan fingerprint density at radius 2 is 2.31 bits per heavy atom. The van der Waals surface area contributed by atoms with E-state index in [4.69, 9.17) is 5.11 Å². The predicted octanol–water partition coefficient (Wildman–Crippen LogP) is 0.370. The largest absolute Gasteiger partial charge is 0.385 e. The minimum absolute atomic E-state index is 0.181. The standard InChI is InChI=1S/C9H13F2N3O2/c1-2-6-13-7(3-8(16)14-6)12-4-5(15)9(10)11/h3,5,9,15H,2,4H2,1H3,(H2,12,13,14,16). The van der Waals surface area contributed by atoms with Gasteiger partial charge in [-0.15, -0.1) is 0 Å². The topological polar surface area (TPSA) is 78.0 Å². The number of halogens is 2. The highest BCUT2D eigenvalue weighted by atomic mass is 19.3. The molecule has 7 heteroatoms. The van der Waals surface area contributed by atoms with Gasteiger partial charge in [0.25, 0.3) is 12.0 Å². The zero-order valence-electron chi connectivity index (χ0n) is 8.70. The van der Waals surface area contributed by atoms with Crippen LogP contribution < -0.4 is 10.9 Å². The van der Waals surface area contributed by atoms with Crippen molar-refractivity contribution in [2.75, 3.05) is 11.9 Å². The molecule has 3 N–H and O–H groups in total. The van der Waals surface area contributed by atoms with Crippen LogP contribution in [-0.2, 0) is 6.42 Å². The van der Waals surface area contributed by atoms with Gasteiger partial charge in [-0.05, 0) is 0 Å². The Labute approximate surface area is 90.5 Å². The highest BCUT2D eigenvalue weighted by molar-refractivity contribution is 5.33. The first-order chi connectivity index (χ1) is 7.52. The van der Waals surface area contributed by atoms with E-state index in [1.807, 2.05) is 0 Å². The van der Waals surface area contributed by atoms with Crippen molar-refractivity contribution in [3.05, 3.63) is 22.2 Å². The van der Waals surface area contributed by atoms with Crippen LogP contribution in [0.2, 0.25) is 0 Å². The van der Waals surface area contributed by atoms with Gasteiger partial charge in [0.05, 0.1) is 0 Å². The summed E-state index contributed by atoms with van der Waals surface area (Å²) in [6.07, 6.45) is -4.06. The number of rotatable bonds is 5. The third-order valence-electron chi connectivity index (χ3n) is 1.91. The molecule has 0 aliphatic heterocycles. The number of nitrogens with zero attached hydrogens (tertiary/aromatic N) is 1. The van der Waals surface area contributed by atoms with E-state index in [0.717, 1.165) is 6.07 Å². The molecule has 0 spiro atoms. The van der Waals surface area contributed by atoms with Crippen molar-refractivity contribution >= 4 is 5.82 Å². The normalized spacial score (nSPS) is 12.8. The molecule has 1 atom stereocenters. The number of aliphatic hydroxyl groups is 1. The molecular formula is C9H13F2N3O2. The molecule has 0 aliphatic rings. The maximum absolute atomic E-state index is 12.0. The van der Waals surface area contributed by atoms with Crippen molar-refractivity contribution in [2.24, 2.45) is 0 Å². The zero-order valence-corrected chi connectivity index (χ0v) is 8.70. The molecule has 0 fully saturated rings. The average molecular weight is 233 g/mol. The van der Waals surface area contributed by atoms with E-state index in [-0.39, 0.29) is 17.9 Å². The summed E-state index contributed by atoms with van der Waals surface area (Å²) in [7, 11) is 0. The smallest absolute Gasteiger partial charge is 0.265 e. The summed E-state index contributed by atoms with van der Waals surface area (Å²) >= 11 is 0. The number of aromatic amines is 1. The Morgan fingerprint density at radius 3 is 2.88 bits per heavy atom. The van der Waals surface area contributed by atoms with E-state index in [1.54, 1.807) is 6.92 Å². The quantitative estimate of drug-likeness (QED) is 0.686. The summed E-state index contributed by atoms with van der Waals surface area (Å²) in [6, 6.07) is 1.15. The minimum atomic E-state index is -2.82. The third kappa shape index (κ3) is 3.58. The molecule has 1 heterocycles. The fourth-order valence-electron chi connectivity index (χ4n) is 1.06. The number of H-pyrrole nitrogens is 1. The number of aryl methyl sites for hydroxylation is 1. The number of hydrogen-bond acceptors (Lipinski definition) is 4. The molecule has 0 amide bonds. The van der Waals surface area contributed by atoms with Crippen LogP contribution >= 0.6 is 0 Å². The molecule has 0 saturated heterocycles. The van der Waals surface area contributed by atoms with E-state index in [2.05, 4.69) is 15.3 Å². The summed E-state index contributed by atoms with van der Waals surface area (Å²) in [6.45, 7) is 1.45. The van der Waals surface area contributed by atoms with Crippen LogP contribution in [0.15, 0.2) is 10.9 Å². The second-order valence-corrected chi connectivity index (χ2v) is 3.21. The molecule has 0 aliphatic carbocycles. The fraction of sp³-hybridized carbons (Fsp3) is 0.556. The molecule has 0 bridgehead atoms. The van der Waals surface area contributed by atoms with E-state index < -0.39 is 12.5 Å². The molecule has 16 heavy (non-hydrogen) atoms. The van der Waals surface area contributed by atoms with Crippen LogP contribution in [0.1, 0.15) is 12.7 Å².